The van der Waals surface area contributed by atoms with Gasteiger partial charge in [0.25, 0.3) is 0 Å². The number of hydrogen-bond acceptors (Lipinski definition) is 4. The van der Waals surface area contributed by atoms with E-state index in [1.54, 1.807) is 12.1 Å². The summed E-state index contributed by atoms with van der Waals surface area (Å²) in [6.07, 6.45) is 1.02. The van der Waals surface area contributed by atoms with Gasteiger partial charge in [-0.3, -0.25) is 9.36 Å². The number of nitrogens with zero attached hydrogens (tertiary/aromatic N) is 4. The molecule has 0 unspecified atom stereocenters. The van der Waals surface area contributed by atoms with Crippen LogP contribution in [0.15, 0.2) is 65.8 Å². The van der Waals surface area contributed by atoms with Crippen LogP contribution in [0.25, 0.3) is 17.1 Å². The molecule has 32 heavy (non-hydrogen) atoms. The van der Waals surface area contributed by atoms with E-state index in [0.717, 1.165) is 41.2 Å². The molecule has 0 bridgehead atoms. The summed E-state index contributed by atoms with van der Waals surface area (Å²) in [4.78, 5) is 13.0. The molecule has 0 aliphatic rings. The standard InChI is InChI=1S/C25H25FN4OS/c1-4-14-29-17(2)15-22(18(29)3)23(31)16-32-25-28-27-24(19-8-6-5-7-9-19)30(25)21-12-10-20(26)11-13-21/h5-13,15H,4,14,16H2,1-3H3. The summed E-state index contributed by atoms with van der Waals surface area (Å²) >= 11 is 1.34. The molecule has 7 heteroatoms. The van der Waals surface area contributed by atoms with Gasteiger partial charge in [-0.05, 0) is 50.6 Å². The van der Waals surface area contributed by atoms with Crippen LogP contribution in [0.2, 0.25) is 0 Å². The van der Waals surface area contributed by atoms with Gasteiger partial charge < -0.3 is 4.57 Å². The molecule has 164 valence electrons. The highest BCUT2D eigenvalue weighted by Gasteiger charge is 2.20. The van der Waals surface area contributed by atoms with E-state index in [4.69, 9.17) is 0 Å². The number of carbonyl (C=O) groups is 1. The summed E-state index contributed by atoms with van der Waals surface area (Å²) < 4.78 is 17.6. The topological polar surface area (TPSA) is 52.7 Å². The van der Waals surface area contributed by atoms with Crippen molar-refractivity contribution in [1.29, 1.82) is 0 Å². The Kier molecular flexibility index (Phi) is 6.55. The monoisotopic (exact) mass is 448 g/mol. The second-order valence-corrected chi connectivity index (χ2v) is 8.57. The van der Waals surface area contributed by atoms with Crippen molar-refractivity contribution in [3.05, 3.63) is 83.4 Å². The van der Waals surface area contributed by atoms with E-state index in [0.29, 0.717) is 11.0 Å². The van der Waals surface area contributed by atoms with Gasteiger partial charge in [0.1, 0.15) is 5.82 Å². The molecule has 0 amide bonds. The van der Waals surface area contributed by atoms with E-state index < -0.39 is 0 Å². The Balaban J connectivity index is 1.64. The zero-order valence-corrected chi connectivity index (χ0v) is 19.2. The highest BCUT2D eigenvalue weighted by molar-refractivity contribution is 7.99. The van der Waals surface area contributed by atoms with E-state index >= 15 is 0 Å². The molecule has 0 atom stereocenters. The molecule has 4 rings (SSSR count). The van der Waals surface area contributed by atoms with E-state index in [9.17, 15) is 9.18 Å². The third kappa shape index (κ3) is 4.39. The van der Waals surface area contributed by atoms with Crippen LogP contribution in [0.1, 0.15) is 35.1 Å². The first-order chi connectivity index (χ1) is 15.5. The summed E-state index contributed by atoms with van der Waals surface area (Å²) in [5.74, 6) is 0.633. The van der Waals surface area contributed by atoms with Crippen LogP contribution in [0, 0.1) is 19.7 Å². The van der Waals surface area contributed by atoms with Crippen LogP contribution < -0.4 is 0 Å². The maximum Gasteiger partial charge on any atom is 0.196 e. The van der Waals surface area contributed by atoms with Crippen molar-refractivity contribution in [2.45, 2.75) is 38.9 Å². The van der Waals surface area contributed by atoms with Crippen LogP contribution in [-0.2, 0) is 6.54 Å². The molecule has 0 saturated heterocycles. The van der Waals surface area contributed by atoms with Crippen molar-refractivity contribution < 1.29 is 9.18 Å². The molecular formula is C25H25FN4OS. The minimum atomic E-state index is -0.310. The number of aryl methyl sites for hydroxylation is 1. The third-order valence-electron chi connectivity index (χ3n) is 5.40. The zero-order valence-electron chi connectivity index (χ0n) is 18.4. The highest BCUT2D eigenvalue weighted by atomic mass is 32.2. The lowest BCUT2D eigenvalue weighted by molar-refractivity contribution is 0.102. The minimum absolute atomic E-state index is 0.0559. The van der Waals surface area contributed by atoms with E-state index in [1.165, 1.54) is 23.9 Å². The fraction of sp³-hybridized carbons (Fsp3) is 0.240. The smallest absolute Gasteiger partial charge is 0.196 e. The van der Waals surface area contributed by atoms with Crippen LogP contribution in [0.5, 0.6) is 0 Å². The van der Waals surface area contributed by atoms with Crippen molar-refractivity contribution in [3.63, 3.8) is 0 Å². The Morgan fingerprint density at radius 1 is 1.03 bits per heavy atom. The SMILES string of the molecule is CCCn1c(C)cc(C(=O)CSc2nnc(-c3ccccc3)n2-c2ccc(F)cc2)c1C. The summed E-state index contributed by atoms with van der Waals surface area (Å²) in [6, 6.07) is 17.9. The van der Waals surface area contributed by atoms with Crippen LogP contribution in [-0.4, -0.2) is 30.9 Å². The van der Waals surface area contributed by atoms with Crippen molar-refractivity contribution in [2.75, 3.05) is 5.75 Å². The van der Waals surface area contributed by atoms with E-state index in [-0.39, 0.29) is 17.4 Å². The van der Waals surface area contributed by atoms with Gasteiger partial charge in [0.15, 0.2) is 16.8 Å². The Morgan fingerprint density at radius 3 is 2.44 bits per heavy atom. The van der Waals surface area contributed by atoms with Crippen LogP contribution in [0.3, 0.4) is 0 Å². The molecule has 0 N–H and O–H groups in total. The molecule has 0 spiro atoms. The number of hydrogen-bond donors (Lipinski definition) is 0. The number of halogens is 1. The number of ketones is 1. The molecule has 2 aromatic heterocycles. The van der Waals surface area contributed by atoms with Crippen LogP contribution in [0.4, 0.5) is 4.39 Å². The number of benzene rings is 2. The van der Waals surface area contributed by atoms with Gasteiger partial charge in [0, 0.05) is 34.7 Å². The minimum Gasteiger partial charge on any atom is -0.348 e. The van der Waals surface area contributed by atoms with Gasteiger partial charge in [0.05, 0.1) is 5.75 Å². The second kappa shape index (κ2) is 9.53. The summed E-state index contributed by atoms with van der Waals surface area (Å²) in [7, 11) is 0. The lowest BCUT2D eigenvalue weighted by Crippen LogP contribution is -2.07. The molecule has 0 radical (unpaired) electrons. The van der Waals surface area contributed by atoms with Crippen molar-refractivity contribution in [1.82, 2.24) is 19.3 Å². The molecule has 0 aliphatic carbocycles. The second-order valence-electron chi connectivity index (χ2n) is 7.63. The number of Topliss-reactive ketones (excluding diaryl/α,β-unsaturated/α-hetero) is 1. The lowest BCUT2D eigenvalue weighted by atomic mass is 10.2. The number of rotatable bonds is 8. The molecule has 5 nitrogen and oxygen atoms in total. The average molecular weight is 449 g/mol. The number of aromatic nitrogens is 4. The van der Waals surface area contributed by atoms with Gasteiger partial charge in [-0.15, -0.1) is 10.2 Å². The van der Waals surface area contributed by atoms with Gasteiger partial charge in [-0.1, -0.05) is 49.0 Å². The number of thioether (sulfide) groups is 1. The Labute approximate surface area is 191 Å². The van der Waals surface area contributed by atoms with E-state index in [2.05, 4.69) is 21.7 Å². The van der Waals surface area contributed by atoms with Crippen LogP contribution >= 0.6 is 11.8 Å². The Bertz CT molecular complexity index is 1230. The predicted molar refractivity (Wildman–Crippen MR) is 126 cm³/mol. The normalized spacial score (nSPS) is 11.1. The van der Waals surface area contributed by atoms with Crippen molar-refractivity contribution >= 4 is 17.5 Å². The summed E-state index contributed by atoms with van der Waals surface area (Å²) in [6.45, 7) is 7.05. The van der Waals surface area contributed by atoms with Gasteiger partial charge in [-0.25, -0.2) is 4.39 Å². The fourth-order valence-electron chi connectivity index (χ4n) is 3.82. The average Bonchev–Trinajstić information content (AvgIpc) is 3.35. The Morgan fingerprint density at radius 2 is 1.75 bits per heavy atom. The first kappa shape index (κ1) is 22.0. The summed E-state index contributed by atoms with van der Waals surface area (Å²) in [5, 5.41) is 9.32. The van der Waals surface area contributed by atoms with Gasteiger partial charge in [-0.2, -0.15) is 0 Å². The van der Waals surface area contributed by atoms with Gasteiger partial charge >= 0.3 is 0 Å². The first-order valence-electron chi connectivity index (χ1n) is 10.6. The first-order valence-corrected chi connectivity index (χ1v) is 11.6. The lowest BCUT2D eigenvalue weighted by Gasteiger charge is -2.10. The zero-order chi connectivity index (χ0) is 22.7. The quantitative estimate of drug-likeness (QED) is 0.250. The fourth-order valence-corrected chi connectivity index (χ4v) is 4.65. The maximum absolute atomic E-state index is 13.5. The molecule has 4 aromatic rings. The predicted octanol–water partition coefficient (Wildman–Crippen LogP) is 5.88. The molecule has 2 aromatic carbocycles. The molecule has 0 aliphatic heterocycles. The maximum atomic E-state index is 13.5. The van der Waals surface area contributed by atoms with Gasteiger partial charge in [0.2, 0.25) is 0 Å². The molecule has 0 saturated carbocycles. The molecule has 2 heterocycles. The van der Waals surface area contributed by atoms with Crippen molar-refractivity contribution in [2.24, 2.45) is 0 Å². The molecular weight excluding hydrogens is 423 g/mol. The van der Waals surface area contributed by atoms with Crippen molar-refractivity contribution in [3.8, 4) is 17.1 Å². The third-order valence-corrected chi connectivity index (χ3v) is 6.33. The Hall–Kier alpha value is -3.19. The van der Waals surface area contributed by atoms with E-state index in [1.807, 2.05) is 54.8 Å². The highest BCUT2D eigenvalue weighted by Crippen LogP contribution is 2.29. The largest absolute Gasteiger partial charge is 0.348 e. The summed E-state index contributed by atoms with van der Waals surface area (Å²) in [5.41, 5.74) is 4.48. The molecule has 0 fully saturated rings. The number of carbonyl (C=O) groups excluding carboxylic acids is 1.